The number of halogens is 1. The van der Waals surface area contributed by atoms with E-state index in [1.807, 2.05) is 37.3 Å². The molecule has 7 atom stereocenters. The van der Waals surface area contributed by atoms with E-state index in [1.54, 1.807) is 13.0 Å². The molecule has 4 aliphatic rings. The second kappa shape index (κ2) is 15.3. The maximum atomic E-state index is 13.5. The van der Waals surface area contributed by atoms with Crippen molar-refractivity contribution in [3.8, 4) is 5.75 Å². The van der Waals surface area contributed by atoms with Gasteiger partial charge in [-0.2, -0.15) is 0 Å². The summed E-state index contributed by atoms with van der Waals surface area (Å²) in [6, 6.07) is 11.3. The van der Waals surface area contributed by atoms with Gasteiger partial charge < -0.3 is 24.0 Å². The zero-order chi connectivity index (χ0) is 34.0. The Labute approximate surface area is 291 Å². The maximum Gasteiger partial charge on any atom is 0.264 e. The molecule has 3 heterocycles. The molecule has 11 heteroatoms. The first-order chi connectivity index (χ1) is 23.0. The van der Waals surface area contributed by atoms with Crippen LogP contribution in [0.4, 0.5) is 5.69 Å². The number of anilines is 1. The van der Waals surface area contributed by atoms with E-state index >= 15 is 0 Å². The van der Waals surface area contributed by atoms with Crippen LogP contribution in [-0.4, -0.2) is 77.2 Å². The predicted molar refractivity (Wildman–Crippen MR) is 189 cm³/mol. The van der Waals surface area contributed by atoms with Gasteiger partial charge in [-0.25, -0.2) is 13.1 Å². The van der Waals surface area contributed by atoms with Crippen molar-refractivity contribution in [2.45, 2.75) is 89.5 Å². The molecule has 0 aromatic heterocycles. The van der Waals surface area contributed by atoms with Gasteiger partial charge in [0.25, 0.3) is 5.91 Å². The van der Waals surface area contributed by atoms with E-state index < -0.39 is 21.2 Å². The molecular weight excluding hydrogens is 650 g/mol. The Morgan fingerprint density at radius 3 is 2.58 bits per heavy atom. The molecule has 1 aliphatic carbocycles. The average Bonchev–Trinajstić information content (AvgIpc) is 3.48. The lowest BCUT2D eigenvalue weighted by Crippen LogP contribution is -2.45. The molecule has 1 N–H and O–H groups in total. The Balaban J connectivity index is 1.35. The Kier molecular flexibility index (Phi) is 11.3. The molecule has 1 saturated carbocycles. The van der Waals surface area contributed by atoms with Gasteiger partial charge in [-0.15, -0.1) is 0 Å². The number of nitrogens with zero attached hydrogens (tertiary/aromatic N) is 2. The molecule has 2 bridgehead atoms. The van der Waals surface area contributed by atoms with Crippen LogP contribution in [0.3, 0.4) is 0 Å². The first-order valence-corrected chi connectivity index (χ1v) is 19.7. The van der Waals surface area contributed by atoms with Crippen LogP contribution in [0.1, 0.15) is 80.3 Å². The summed E-state index contributed by atoms with van der Waals surface area (Å²) in [5.41, 5.74) is 3.42. The fourth-order valence-corrected chi connectivity index (χ4v) is 9.50. The van der Waals surface area contributed by atoms with Gasteiger partial charge in [0, 0.05) is 36.1 Å². The SMILES string of the molecule is C[C@@H]1[C@@H](C)CCC[C@@H]([C@H]2OC[C@@H](CN(C)C)O2)[C@@H]2CC[C@H]2CN2CCCCc3cc(Cl)ccc3COc3ccc(cc32)C(=O)NS1(=O)=O. The van der Waals surface area contributed by atoms with E-state index in [-0.39, 0.29) is 24.2 Å². The third-order valence-electron chi connectivity index (χ3n) is 11.1. The lowest BCUT2D eigenvalue weighted by atomic mass is 9.65. The van der Waals surface area contributed by atoms with Crippen molar-refractivity contribution in [2.24, 2.45) is 23.7 Å². The highest BCUT2D eigenvalue weighted by Crippen LogP contribution is 2.47. The molecule has 48 heavy (non-hydrogen) atoms. The van der Waals surface area contributed by atoms with Crippen molar-refractivity contribution < 1.29 is 27.4 Å². The number of carbonyl (C=O) groups is 1. The number of sulfonamides is 1. The number of rotatable bonds is 3. The summed E-state index contributed by atoms with van der Waals surface area (Å²) in [5.74, 6) is 1.04. The van der Waals surface area contributed by atoms with Gasteiger partial charge in [0.05, 0.1) is 23.6 Å². The molecule has 1 amide bonds. The number of hydrogen-bond donors (Lipinski definition) is 1. The van der Waals surface area contributed by atoms with Gasteiger partial charge in [0.15, 0.2) is 6.29 Å². The van der Waals surface area contributed by atoms with Crippen molar-refractivity contribution in [3.05, 3.63) is 58.1 Å². The predicted octanol–water partition coefficient (Wildman–Crippen LogP) is 6.28. The van der Waals surface area contributed by atoms with Crippen molar-refractivity contribution in [1.29, 1.82) is 0 Å². The summed E-state index contributed by atoms with van der Waals surface area (Å²) in [6.45, 7) is 7.07. The largest absolute Gasteiger partial charge is 0.487 e. The molecular formula is C37H52ClN3O6S. The number of ether oxygens (including phenoxy) is 3. The summed E-state index contributed by atoms with van der Waals surface area (Å²) >= 11 is 6.37. The van der Waals surface area contributed by atoms with Gasteiger partial charge in [-0.3, -0.25) is 4.79 Å². The van der Waals surface area contributed by atoms with E-state index in [0.717, 1.165) is 87.3 Å². The van der Waals surface area contributed by atoms with Crippen LogP contribution in [0.5, 0.6) is 5.75 Å². The van der Waals surface area contributed by atoms with E-state index in [4.69, 9.17) is 25.8 Å². The van der Waals surface area contributed by atoms with Crippen LogP contribution in [0.15, 0.2) is 36.4 Å². The summed E-state index contributed by atoms with van der Waals surface area (Å²) < 4.78 is 48.7. The van der Waals surface area contributed by atoms with Crippen molar-refractivity contribution in [1.82, 2.24) is 9.62 Å². The van der Waals surface area contributed by atoms with Gasteiger partial charge >= 0.3 is 0 Å². The van der Waals surface area contributed by atoms with E-state index in [0.29, 0.717) is 36.4 Å². The van der Waals surface area contributed by atoms with Gasteiger partial charge in [-0.05, 0) is 125 Å². The molecule has 0 unspecified atom stereocenters. The van der Waals surface area contributed by atoms with Crippen molar-refractivity contribution in [3.63, 3.8) is 0 Å². The molecule has 2 fully saturated rings. The molecule has 0 spiro atoms. The van der Waals surface area contributed by atoms with Gasteiger partial charge in [0.1, 0.15) is 12.4 Å². The van der Waals surface area contributed by atoms with Gasteiger partial charge in [-0.1, -0.05) is 31.0 Å². The minimum atomic E-state index is -3.90. The quantitative estimate of drug-likeness (QED) is 0.400. The number of nitrogens with one attached hydrogen (secondary N) is 1. The topological polar surface area (TPSA) is 97.4 Å². The van der Waals surface area contributed by atoms with Crippen LogP contribution >= 0.6 is 11.6 Å². The van der Waals surface area contributed by atoms with E-state index in [1.165, 1.54) is 5.56 Å². The second-order valence-corrected chi connectivity index (χ2v) is 17.2. The number of likely N-dealkylation sites (N-methyl/N-ethyl adjacent to an activating group) is 1. The number of hydrogen-bond acceptors (Lipinski definition) is 8. The highest BCUT2D eigenvalue weighted by atomic mass is 35.5. The lowest BCUT2D eigenvalue weighted by Gasteiger charge is -2.46. The molecule has 0 radical (unpaired) electrons. The van der Waals surface area contributed by atoms with E-state index in [9.17, 15) is 13.2 Å². The number of aryl methyl sites for hydroxylation is 1. The van der Waals surface area contributed by atoms with E-state index in [2.05, 4.69) is 28.6 Å². The van der Waals surface area contributed by atoms with Crippen LogP contribution in [0.25, 0.3) is 0 Å². The number of amides is 1. The minimum absolute atomic E-state index is 0.0454. The molecule has 2 aromatic carbocycles. The number of fused-ring (bicyclic) bond motifs is 3. The lowest BCUT2D eigenvalue weighted by molar-refractivity contribution is -0.134. The highest BCUT2D eigenvalue weighted by molar-refractivity contribution is 7.90. The van der Waals surface area contributed by atoms with Crippen LogP contribution in [0.2, 0.25) is 5.02 Å². The summed E-state index contributed by atoms with van der Waals surface area (Å²) in [7, 11) is 0.210. The molecule has 2 aromatic rings. The standard InChI is InChI=1S/C37H52ClN3O6S/c1-24-8-7-10-33(37-46-23-31(47-37)21-40(3)4)32-15-12-28(32)20-41-17-6-5-9-26-18-30(38)14-11-29(26)22-45-35-16-13-27(19-34(35)41)36(42)39-48(43,44)25(24)2/h11,13-14,16,18-19,24-25,28,31-33,37H,5-10,12,15,17,20-23H2,1-4H3,(H,39,42)/t24-,25+,28-,31+,32+,33+,37-/m0/s1. The molecule has 264 valence electrons. The Bertz CT molecular complexity index is 1550. The molecule has 3 aliphatic heterocycles. The molecule has 1 saturated heterocycles. The highest BCUT2D eigenvalue weighted by Gasteiger charge is 2.45. The first kappa shape index (κ1) is 35.5. The third-order valence-corrected chi connectivity index (χ3v) is 13.3. The average molecular weight is 702 g/mol. The van der Waals surface area contributed by atoms with Gasteiger partial charge in [0.2, 0.25) is 10.0 Å². The Morgan fingerprint density at radius 2 is 1.81 bits per heavy atom. The van der Waals surface area contributed by atoms with Crippen LogP contribution in [-0.2, 0) is 32.5 Å². The molecule has 6 rings (SSSR count). The summed E-state index contributed by atoms with van der Waals surface area (Å²) in [5, 5.41) is -0.000716. The maximum absolute atomic E-state index is 13.5. The smallest absolute Gasteiger partial charge is 0.264 e. The van der Waals surface area contributed by atoms with Crippen molar-refractivity contribution >= 4 is 33.2 Å². The third kappa shape index (κ3) is 8.15. The summed E-state index contributed by atoms with van der Waals surface area (Å²) in [4.78, 5) is 18.0. The monoisotopic (exact) mass is 701 g/mol. The number of carbonyl (C=O) groups excluding carboxylic acids is 1. The minimum Gasteiger partial charge on any atom is -0.487 e. The fraction of sp³-hybridized carbons (Fsp3) is 0.649. The summed E-state index contributed by atoms with van der Waals surface area (Å²) in [6.07, 6.45) is 7.40. The molecule has 9 nitrogen and oxygen atoms in total. The Hall–Kier alpha value is -2.37. The Morgan fingerprint density at radius 1 is 0.979 bits per heavy atom. The second-order valence-electron chi connectivity index (χ2n) is 14.8. The van der Waals surface area contributed by atoms with Crippen molar-refractivity contribution in [2.75, 3.05) is 45.2 Å². The zero-order valence-electron chi connectivity index (χ0n) is 28.8. The van der Waals surface area contributed by atoms with Crippen LogP contribution in [0, 0.1) is 23.7 Å². The first-order valence-electron chi connectivity index (χ1n) is 17.8. The van der Waals surface area contributed by atoms with Crippen LogP contribution < -0.4 is 14.4 Å². The normalized spacial score (nSPS) is 31.4. The fourth-order valence-electron chi connectivity index (χ4n) is 7.99. The zero-order valence-corrected chi connectivity index (χ0v) is 30.4. The number of benzene rings is 2.